The highest BCUT2D eigenvalue weighted by Gasteiger charge is 2.09. The molecule has 0 saturated heterocycles. The molecule has 0 atom stereocenters. The van der Waals surface area contributed by atoms with Crippen LogP contribution < -0.4 is 10.1 Å². The van der Waals surface area contributed by atoms with Crippen molar-refractivity contribution in [3.8, 4) is 23.3 Å². The van der Waals surface area contributed by atoms with E-state index < -0.39 is 5.60 Å². The average Bonchev–Trinajstić information content (AvgIpc) is 2.75. The van der Waals surface area contributed by atoms with Gasteiger partial charge in [0, 0.05) is 16.6 Å². The molecule has 1 heterocycles. The van der Waals surface area contributed by atoms with Crippen LogP contribution in [0.2, 0.25) is 0 Å². The highest BCUT2D eigenvalue weighted by Crippen LogP contribution is 2.29. The summed E-state index contributed by atoms with van der Waals surface area (Å²) < 4.78 is 5.97. The predicted octanol–water partition coefficient (Wildman–Crippen LogP) is 5.60. The minimum Gasteiger partial charge on any atom is -0.457 e. The molecule has 0 aliphatic carbocycles. The number of nitrogens with one attached hydrogen (secondary N) is 1. The molecule has 0 bridgehead atoms. The second kappa shape index (κ2) is 8.47. The number of hydrogen-bond acceptors (Lipinski definition) is 5. The number of rotatable bonds is 4. The van der Waals surface area contributed by atoms with Crippen molar-refractivity contribution >= 4 is 22.4 Å². The Hall–Kier alpha value is -3.88. The first-order chi connectivity index (χ1) is 14.9. The van der Waals surface area contributed by atoms with Crippen LogP contribution in [-0.2, 0) is 0 Å². The number of para-hydroxylation sites is 1. The average molecular weight is 409 g/mol. The van der Waals surface area contributed by atoms with Crippen molar-refractivity contribution in [2.45, 2.75) is 26.4 Å². The lowest BCUT2D eigenvalue weighted by Crippen LogP contribution is -2.14. The summed E-state index contributed by atoms with van der Waals surface area (Å²) in [6.45, 7) is 5.32. The summed E-state index contributed by atoms with van der Waals surface area (Å²) in [5.41, 5.74) is 2.45. The second-order valence-electron chi connectivity index (χ2n) is 7.78. The highest BCUT2D eigenvalue weighted by atomic mass is 16.5. The first-order valence-electron chi connectivity index (χ1n) is 9.98. The van der Waals surface area contributed by atoms with Gasteiger partial charge in [0.1, 0.15) is 29.2 Å². The topological polar surface area (TPSA) is 67.3 Å². The summed E-state index contributed by atoms with van der Waals surface area (Å²) in [6.07, 6.45) is 1.53. The maximum absolute atomic E-state index is 9.86. The van der Waals surface area contributed by atoms with E-state index in [0.717, 1.165) is 39.2 Å². The van der Waals surface area contributed by atoms with Crippen LogP contribution in [0, 0.1) is 18.8 Å². The van der Waals surface area contributed by atoms with Gasteiger partial charge in [0.25, 0.3) is 0 Å². The molecular weight excluding hydrogens is 386 g/mol. The monoisotopic (exact) mass is 409 g/mol. The van der Waals surface area contributed by atoms with Gasteiger partial charge in [-0.2, -0.15) is 0 Å². The fraction of sp³-hybridized carbons (Fsp3) is 0.154. The summed E-state index contributed by atoms with van der Waals surface area (Å²) in [6, 6.07) is 21.3. The lowest BCUT2D eigenvalue weighted by Gasteiger charge is -2.12. The van der Waals surface area contributed by atoms with E-state index in [0.29, 0.717) is 5.82 Å². The molecule has 5 heteroatoms. The molecular formula is C26H23N3O2. The number of anilines is 2. The Bertz CT molecular complexity index is 1280. The molecule has 0 aliphatic heterocycles. The van der Waals surface area contributed by atoms with Crippen LogP contribution in [0.4, 0.5) is 11.5 Å². The molecule has 0 unspecified atom stereocenters. The Morgan fingerprint density at radius 1 is 0.968 bits per heavy atom. The predicted molar refractivity (Wildman–Crippen MR) is 124 cm³/mol. The normalized spacial score (nSPS) is 11.0. The number of nitrogens with zero attached hydrogens (tertiary/aromatic N) is 2. The van der Waals surface area contributed by atoms with Gasteiger partial charge in [-0.1, -0.05) is 30.0 Å². The number of aryl methyl sites for hydroxylation is 1. The van der Waals surface area contributed by atoms with Crippen LogP contribution in [-0.4, -0.2) is 20.7 Å². The van der Waals surface area contributed by atoms with Crippen molar-refractivity contribution in [1.29, 1.82) is 0 Å². The van der Waals surface area contributed by atoms with Gasteiger partial charge in [-0.05, 0) is 74.9 Å². The van der Waals surface area contributed by atoms with E-state index in [1.54, 1.807) is 13.8 Å². The first-order valence-corrected chi connectivity index (χ1v) is 9.98. The van der Waals surface area contributed by atoms with E-state index in [2.05, 4.69) is 27.1 Å². The van der Waals surface area contributed by atoms with E-state index in [4.69, 9.17) is 4.74 Å². The highest BCUT2D eigenvalue weighted by molar-refractivity contribution is 5.91. The molecule has 4 rings (SSSR count). The summed E-state index contributed by atoms with van der Waals surface area (Å²) in [5, 5.41) is 14.1. The maximum atomic E-state index is 9.86. The Balaban J connectivity index is 1.62. The summed E-state index contributed by atoms with van der Waals surface area (Å²) in [7, 11) is 0. The van der Waals surface area contributed by atoms with Gasteiger partial charge < -0.3 is 15.2 Å². The van der Waals surface area contributed by atoms with E-state index in [1.165, 1.54) is 6.33 Å². The third-order valence-electron chi connectivity index (χ3n) is 4.56. The molecule has 0 radical (unpaired) electrons. The molecule has 0 spiro atoms. The quantitative estimate of drug-likeness (QED) is 0.430. The number of hydrogen-bond donors (Lipinski definition) is 2. The molecule has 31 heavy (non-hydrogen) atoms. The first kappa shape index (κ1) is 20.4. The van der Waals surface area contributed by atoms with Gasteiger partial charge in [-0.15, -0.1) is 0 Å². The number of aromatic nitrogens is 2. The van der Waals surface area contributed by atoms with Crippen LogP contribution in [0.5, 0.6) is 11.5 Å². The summed E-state index contributed by atoms with van der Waals surface area (Å²) in [4.78, 5) is 8.76. The molecule has 154 valence electrons. The van der Waals surface area contributed by atoms with Crippen molar-refractivity contribution in [2.75, 3.05) is 5.32 Å². The molecule has 5 nitrogen and oxygen atoms in total. The van der Waals surface area contributed by atoms with Gasteiger partial charge in [0.2, 0.25) is 0 Å². The molecule has 2 N–H and O–H groups in total. The Labute approximate surface area is 181 Å². The summed E-state index contributed by atoms with van der Waals surface area (Å²) >= 11 is 0. The van der Waals surface area contributed by atoms with Crippen molar-refractivity contribution in [3.63, 3.8) is 0 Å². The number of ether oxygens (including phenoxy) is 1. The minimum atomic E-state index is -1.05. The standard InChI is InChI=1S/C26H23N3O2/c1-18-15-20(10-12-24(18)31-21-7-5-4-6-8-21)29-25-22-16-19(13-14-26(2,3)30)9-11-23(22)27-17-28-25/h4-12,15-17,30H,1-3H3,(H,27,28,29). The zero-order chi connectivity index (χ0) is 21.8. The Morgan fingerprint density at radius 2 is 1.77 bits per heavy atom. The fourth-order valence-corrected chi connectivity index (χ4v) is 3.05. The molecule has 3 aromatic carbocycles. The fourth-order valence-electron chi connectivity index (χ4n) is 3.05. The molecule has 0 fully saturated rings. The second-order valence-corrected chi connectivity index (χ2v) is 7.78. The van der Waals surface area contributed by atoms with E-state index in [-0.39, 0.29) is 0 Å². The maximum Gasteiger partial charge on any atom is 0.141 e. The Morgan fingerprint density at radius 3 is 2.52 bits per heavy atom. The van der Waals surface area contributed by atoms with Gasteiger partial charge >= 0.3 is 0 Å². The molecule has 4 aromatic rings. The van der Waals surface area contributed by atoms with Crippen molar-refractivity contribution in [1.82, 2.24) is 9.97 Å². The van der Waals surface area contributed by atoms with Gasteiger partial charge in [-0.25, -0.2) is 9.97 Å². The van der Waals surface area contributed by atoms with Crippen molar-refractivity contribution < 1.29 is 9.84 Å². The zero-order valence-corrected chi connectivity index (χ0v) is 17.7. The van der Waals surface area contributed by atoms with Crippen LogP contribution in [0.15, 0.2) is 73.1 Å². The van der Waals surface area contributed by atoms with Gasteiger partial charge in [0.05, 0.1) is 5.52 Å². The van der Waals surface area contributed by atoms with E-state index >= 15 is 0 Å². The smallest absolute Gasteiger partial charge is 0.141 e. The lowest BCUT2D eigenvalue weighted by molar-refractivity contribution is 0.143. The van der Waals surface area contributed by atoms with Gasteiger partial charge in [0.15, 0.2) is 0 Å². The SMILES string of the molecule is Cc1cc(Nc2ncnc3ccc(C#CC(C)(C)O)cc23)ccc1Oc1ccccc1. The van der Waals surface area contributed by atoms with Crippen molar-refractivity contribution in [2.24, 2.45) is 0 Å². The number of benzene rings is 3. The van der Waals surface area contributed by atoms with Crippen molar-refractivity contribution in [3.05, 3.63) is 84.2 Å². The van der Waals surface area contributed by atoms with E-state index in [1.807, 2.05) is 73.7 Å². The zero-order valence-electron chi connectivity index (χ0n) is 17.7. The number of fused-ring (bicyclic) bond motifs is 1. The van der Waals surface area contributed by atoms with E-state index in [9.17, 15) is 5.11 Å². The van der Waals surface area contributed by atoms with Gasteiger partial charge in [-0.3, -0.25) is 0 Å². The molecule has 0 amide bonds. The molecule has 0 saturated carbocycles. The minimum absolute atomic E-state index is 0.688. The lowest BCUT2D eigenvalue weighted by atomic mass is 10.1. The third-order valence-corrected chi connectivity index (χ3v) is 4.56. The molecule has 0 aliphatic rings. The molecule has 1 aromatic heterocycles. The third kappa shape index (κ3) is 5.19. The summed E-state index contributed by atoms with van der Waals surface area (Å²) in [5.74, 6) is 8.13. The Kier molecular flexibility index (Phi) is 5.57. The number of aliphatic hydroxyl groups is 1. The van der Waals surface area contributed by atoms with Crippen LogP contribution in [0.25, 0.3) is 10.9 Å². The van der Waals surface area contributed by atoms with Crippen LogP contribution in [0.1, 0.15) is 25.0 Å². The van der Waals surface area contributed by atoms with Crippen LogP contribution in [0.3, 0.4) is 0 Å². The largest absolute Gasteiger partial charge is 0.457 e. The van der Waals surface area contributed by atoms with Crippen LogP contribution >= 0.6 is 0 Å².